The van der Waals surface area contributed by atoms with Crippen molar-refractivity contribution < 1.29 is 23.8 Å². The molecule has 1 unspecified atom stereocenters. The van der Waals surface area contributed by atoms with Gasteiger partial charge in [0.1, 0.15) is 12.6 Å². The van der Waals surface area contributed by atoms with E-state index < -0.39 is 17.9 Å². The number of rotatable bonds is 10. The Bertz CT molecular complexity index is 1570. The molecule has 208 valence electrons. The largest absolute Gasteiger partial charge is 0.454 e. The van der Waals surface area contributed by atoms with E-state index in [1.54, 1.807) is 26.3 Å². The second-order valence-electron chi connectivity index (χ2n) is 9.36. The highest BCUT2D eigenvalue weighted by molar-refractivity contribution is 8.02. The first-order valence-corrected chi connectivity index (χ1v) is 13.3. The maximum Gasteiger partial charge on any atom is 0.303 e. The molecule has 13 nitrogen and oxygen atoms in total. The standard InChI is InChI=1S/C26H28N8O5S/c1-15(35)39-26(2,3)24(36)28-10-6-12-34-22-20(21(27)29-14-30-22)32-25(34)40-19-13-37-23(38-19)17-8-5-4-7-16(17)18-9-11-31-33-18/h4-5,7-9,11,13-14,23H,6,10,12H2,1-3H3,(H,28,36)(H,31,33)(H2,27,29,30). The van der Waals surface area contributed by atoms with Gasteiger partial charge in [0.05, 0.1) is 5.69 Å². The van der Waals surface area contributed by atoms with Crippen LogP contribution in [0.4, 0.5) is 5.82 Å². The SMILES string of the molecule is CC(=O)OC(C)(C)C(=O)NCCCn1c(SC2=COC(c3ccccc3-c3cc[nH]n3)O2)nc2c(N)ncnc21. The number of nitrogens with one attached hydrogen (secondary N) is 2. The number of esters is 1. The summed E-state index contributed by atoms with van der Waals surface area (Å²) in [6, 6.07) is 9.61. The van der Waals surface area contributed by atoms with Gasteiger partial charge in [-0.3, -0.25) is 14.7 Å². The third-order valence-corrected chi connectivity index (χ3v) is 6.90. The van der Waals surface area contributed by atoms with E-state index in [2.05, 4.69) is 30.5 Å². The molecule has 0 bridgehead atoms. The first kappa shape index (κ1) is 27.0. The zero-order valence-electron chi connectivity index (χ0n) is 22.1. The van der Waals surface area contributed by atoms with E-state index in [0.29, 0.717) is 40.9 Å². The summed E-state index contributed by atoms with van der Waals surface area (Å²) in [5, 5.41) is 11.0. The minimum Gasteiger partial charge on any atom is -0.454 e. The van der Waals surface area contributed by atoms with Gasteiger partial charge in [-0.15, -0.1) is 0 Å². The lowest BCUT2D eigenvalue weighted by atomic mass is 10.0. The van der Waals surface area contributed by atoms with Crippen molar-refractivity contribution in [3.63, 3.8) is 0 Å². The monoisotopic (exact) mass is 564 g/mol. The van der Waals surface area contributed by atoms with Gasteiger partial charge in [-0.2, -0.15) is 5.10 Å². The minimum atomic E-state index is -1.27. The molecule has 0 saturated carbocycles. The number of thioether (sulfide) groups is 1. The van der Waals surface area contributed by atoms with E-state index in [1.165, 1.54) is 25.0 Å². The number of carbonyl (C=O) groups is 2. The number of nitrogens with zero attached hydrogens (tertiary/aromatic N) is 5. The number of hydrogen-bond acceptors (Lipinski definition) is 11. The minimum absolute atomic E-state index is 0.255. The zero-order valence-corrected chi connectivity index (χ0v) is 22.9. The van der Waals surface area contributed by atoms with E-state index in [9.17, 15) is 9.59 Å². The Morgan fingerprint density at radius 2 is 2.08 bits per heavy atom. The number of carbonyl (C=O) groups excluding carboxylic acids is 2. The number of nitrogens with two attached hydrogens (primary N) is 1. The van der Waals surface area contributed by atoms with Crippen molar-refractivity contribution in [2.45, 2.75) is 50.8 Å². The Morgan fingerprint density at radius 3 is 2.85 bits per heavy atom. The van der Waals surface area contributed by atoms with Gasteiger partial charge < -0.3 is 29.8 Å². The van der Waals surface area contributed by atoms with Crippen LogP contribution in [-0.2, 0) is 30.3 Å². The molecule has 1 aliphatic rings. The molecule has 1 aromatic carbocycles. The number of fused-ring (bicyclic) bond motifs is 1. The van der Waals surface area contributed by atoms with Crippen molar-refractivity contribution in [1.82, 2.24) is 35.0 Å². The van der Waals surface area contributed by atoms with Crippen LogP contribution in [0.1, 0.15) is 39.0 Å². The van der Waals surface area contributed by atoms with Crippen LogP contribution in [-0.4, -0.2) is 53.7 Å². The van der Waals surface area contributed by atoms with Crippen molar-refractivity contribution in [3.05, 3.63) is 59.8 Å². The lowest BCUT2D eigenvalue weighted by Crippen LogP contribution is -2.45. The molecule has 4 aromatic rings. The van der Waals surface area contributed by atoms with Gasteiger partial charge in [0.2, 0.25) is 5.09 Å². The van der Waals surface area contributed by atoms with Crippen LogP contribution in [0.25, 0.3) is 22.4 Å². The van der Waals surface area contributed by atoms with E-state index in [4.69, 9.17) is 19.9 Å². The molecule has 0 saturated heterocycles. The summed E-state index contributed by atoms with van der Waals surface area (Å²) >= 11 is 1.27. The molecular formula is C26H28N8O5S. The zero-order chi connectivity index (χ0) is 28.3. The fourth-order valence-electron chi connectivity index (χ4n) is 4.17. The van der Waals surface area contributed by atoms with Crippen LogP contribution in [0.3, 0.4) is 0 Å². The molecule has 4 N–H and O–H groups in total. The number of hydrogen-bond donors (Lipinski definition) is 3. The maximum absolute atomic E-state index is 12.5. The normalized spacial score (nSPS) is 14.9. The first-order valence-electron chi connectivity index (χ1n) is 12.5. The fraction of sp³-hybridized carbons (Fsp3) is 0.308. The second-order valence-corrected chi connectivity index (χ2v) is 10.3. The van der Waals surface area contributed by atoms with Gasteiger partial charge >= 0.3 is 5.97 Å². The smallest absolute Gasteiger partial charge is 0.303 e. The third-order valence-electron chi connectivity index (χ3n) is 6.01. The molecule has 1 atom stereocenters. The molecular weight excluding hydrogens is 536 g/mol. The van der Waals surface area contributed by atoms with Crippen molar-refractivity contribution >= 4 is 40.6 Å². The van der Waals surface area contributed by atoms with E-state index in [-0.39, 0.29) is 11.7 Å². The second kappa shape index (κ2) is 11.3. The molecule has 0 fully saturated rings. The van der Waals surface area contributed by atoms with Gasteiger partial charge in [0.25, 0.3) is 12.2 Å². The van der Waals surface area contributed by atoms with Gasteiger partial charge in [-0.05, 0) is 38.1 Å². The van der Waals surface area contributed by atoms with E-state index in [0.717, 1.165) is 16.8 Å². The van der Waals surface area contributed by atoms with Crippen molar-refractivity contribution in [1.29, 1.82) is 0 Å². The Balaban J connectivity index is 1.29. The molecule has 4 heterocycles. The van der Waals surface area contributed by atoms with Crippen LogP contribution in [0.5, 0.6) is 0 Å². The number of H-pyrrole nitrogens is 1. The fourth-order valence-corrected chi connectivity index (χ4v) is 5.01. The summed E-state index contributed by atoms with van der Waals surface area (Å²) in [6.45, 7) is 5.14. The third kappa shape index (κ3) is 5.71. The van der Waals surface area contributed by atoms with Crippen LogP contribution >= 0.6 is 11.8 Å². The Kier molecular flexibility index (Phi) is 7.60. The lowest BCUT2D eigenvalue weighted by molar-refractivity contribution is -0.162. The molecule has 40 heavy (non-hydrogen) atoms. The topological polar surface area (TPSA) is 172 Å². The summed E-state index contributed by atoms with van der Waals surface area (Å²) in [7, 11) is 0. The number of amides is 1. The maximum atomic E-state index is 12.5. The highest BCUT2D eigenvalue weighted by atomic mass is 32.2. The van der Waals surface area contributed by atoms with Gasteiger partial charge in [0.15, 0.2) is 27.7 Å². The molecule has 0 aliphatic carbocycles. The average molecular weight is 565 g/mol. The molecule has 0 spiro atoms. The highest BCUT2D eigenvalue weighted by Gasteiger charge is 2.31. The van der Waals surface area contributed by atoms with Crippen molar-refractivity contribution in [2.75, 3.05) is 12.3 Å². The van der Waals surface area contributed by atoms with Gasteiger partial charge in [-0.25, -0.2) is 15.0 Å². The summed E-state index contributed by atoms with van der Waals surface area (Å²) in [4.78, 5) is 36.8. The number of aromatic nitrogens is 6. The summed E-state index contributed by atoms with van der Waals surface area (Å²) in [5.74, 6) is -0.657. The molecule has 1 amide bonds. The summed E-state index contributed by atoms with van der Waals surface area (Å²) in [5.41, 5.74) is 8.33. The summed E-state index contributed by atoms with van der Waals surface area (Å²) in [6.07, 6.45) is 4.57. The number of ether oxygens (including phenoxy) is 3. The lowest BCUT2D eigenvalue weighted by Gasteiger charge is -2.23. The van der Waals surface area contributed by atoms with Gasteiger partial charge in [0, 0.05) is 37.3 Å². The predicted molar refractivity (Wildman–Crippen MR) is 146 cm³/mol. The average Bonchev–Trinajstić information content (AvgIpc) is 3.67. The first-order chi connectivity index (χ1) is 19.2. The molecule has 5 rings (SSSR count). The van der Waals surface area contributed by atoms with Crippen LogP contribution < -0.4 is 11.1 Å². The number of nitrogen functional groups attached to an aromatic ring is 1. The number of benzene rings is 1. The highest BCUT2D eigenvalue weighted by Crippen LogP contribution is 2.40. The molecule has 14 heteroatoms. The van der Waals surface area contributed by atoms with Crippen LogP contribution in [0, 0.1) is 0 Å². The number of aryl methyl sites for hydroxylation is 1. The predicted octanol–water partition coefficient (Wildman–Crippen LogP) is 3.28. The molecule has 0 radical (unpaired) electrons. The Hall–Kier alpha value is -4.59. The van der Waals surface area contributed by atoms with E-state index in [1.807, 2.05) is 34.9 Å². The van der Waals surface area contributed by atoms with Crippen molar-refractivity contribution in [3.8, 4) is 11.3 Å². The number of imidazole rings is 1. The molecule has 1 aliphatic heterocycles. The van der Waals surface area contributed by atoms with Gasteiger partial charge in [-0.1, -0.05) is 24.3 Å². The van der Waals surface area contributed by atoms with Crippen molar-refractivity contribution in [2.24, 2.45) is 0 Å². The van der Waals surface area contributed by atoms with Crippen LogP contribution in [0.15, 0.2) is 59.4 Å². The molecule has 3 aromatic heterocycles. The summed E-state index contributed by atoms with van der Waals surface area (Å²) < 4.78 is 19.0. The Morgan fingerprint density at radius 1 is 1.25 bits per heavy atom. The quantitative estimate of drug-likeness (QED) is 0.191. The Labute approximate surface area is 233 Å². The number of anilines is 1. The number of aromatic amines is 1. The van der Waals surface area contributed by atoms with Crippen LogP contribution in [0.2, 0.25) is 0 Å². The van der Waals surface area contributed by atoms with E-state index >= 15 is 0 Å².